The third-order valence-corrected chi connectivity index (χ3v) is 7.97. The van der Waals surface area contributed by atoms with Crippen LogP contribution in [-0.4, -0.2) is 66.2 Å². The van der Waals surface area contributed by atoms with Crippen LogP contribution in [0.1, 0.15) is 48.2 Å². The van der Waals surface area contributed by atoms with Gasteiger partial charge in [0, 0.05) is 53.9 Å². The smallest absolute Gasteiger partial charge is 0.251 e. The molecule has 0 spiro atoms. The van der Waals surface area contributed by atoms with Crippen LogP contribution in [0.3, 0.4) is 0 Å². The van der Waals surface area contributed by atoms with Gasteiger partial charge in [0.05, 0.1) is 5.69 Å². The Morgan fingerprint density at radius 3 is 2.68 bits per heavy atom. The molecule has 1 amide bonds. The maximum Gasteiger partial charge on any atom is 0.251 e. The Morgan fingerprint density at radius 2 is 1.92 bits per heavy atom. The van der Waals surface area contributed by atoms with Crippen LogP contribution in [0.15, 0.2) is 63.6 Å². The molecule has 37 heavy (non-hydrogen) atoms. The quantitative estimate of drug-likeness (QED) is 0.376. The molecule has 0 bridgehead atoms. The average Bonchev–Trinajstić information content (AvgIpc) is 3.55. The molecule has 7 nitrogen and oxygen atoms in total. The van der Waals surface area contributed by atoms with Gasteiger partial charge in [-0.1, -0.05) is 39.3 Å². The lowest BCUT2D eigenvalue weighted by Gasteiger charge is -2.31. The SMILES string of the molecule is CN1CCCC1CCNC(=O)c1cccc(OC2CCN(Cc3cc(-c4ccc(Br)cc4)on3)CC2)c1. The van der Waals surface area contributed by atoms with Gasteiger partial charge in [-0.15, -0.1) is 0 Å². The van der Waals surface area contributed by atoms with Gasteiger partial charge < -0.3 is 19.5 Å². The number of hydrogen-bond acceptors (Lipinski definition) is 6. The minimum absolute atomic E-state index is 0.0314. The maximum absolute atomic E-state index is 12.7. The normalized spacial score (nSPS) is 19.2. The molecule has 8 heteroatoms. The molecule has 2 aromatic carbocycles. The van der Waals surface area contributed by atoms with E-state index in [1.165, 1.54) is 12.8 Å². The molecule has 1 unspecified atom stereocenters. The Kier molecular flexibility index (Phi) is 8.59. The Labute approximate surface area is 227 Å². The Bertz CT molecular complexity index is 1170. The molecular formula is C29H35BrN4O3. The van der Waals surface area contributed by atoms with Gasteiger partial charge >= 0.3 is 0 Å². The minimum atomic E-state index is -0.0314. The molecule has 2 aliphatic rings. The van der Waals surface area contributed by atoms with Crippen LogP contribution >= 0.6 is 15.9 Å². The zero-order valence-corrected chi connectivity index (χ0v) is 23.0. The van der Waals surface area contributed by atoms with Crippen molar-refractivity contribution in [2.45, 2.75) is 50.8 Å². The monoisotopic (exact) mass is 566 g/mol. The number of piperidine rings is 1. The number of amides is 1. The zero-order chi connectivity index (χ0) is 25.6. The molecule has 0 radical (unpaired) electrons. The number of nitrogens with one attached hydrogen (secondary N) is 1. The van der Waals surface area contributed by atoms with Crippen molar-refractivity contribution < 1.29 is 14.1 Å². The van der Waals surface area contributed by atoms with Crippen molar-refractivity contribution in [2.75, 3.05) is 33.2 Å². The number of benzene rings is 2. The molecule has 2 aliphatic heterocycles. The summed E-state index contributed by atoms with van der Waals surface area (Å²) in [6.07, 6.45) is 5.48. The summed E-state index contributed by atoms with van der Waals surface area (Å²) in [4.78, 5) is 17.4. The van der Waals surface area contributed by atoms with Crippen LogP contribution in [0.4, 0.5) is 0 Å². The summed E-state index contributed by atoms with van der Waals surface area (Å²) in [6.45, 7) is 4.49. The minimum Gasteiger partial charge on any atom is -0.490 e. The lowest BCUT2D eigenvalue weighted by molar-refractivity contribution is 0.0929. The van der Waals surface area contributed by atoms with E-state index in [9.17, 15) is 4.79 Å². The van der Waals surface area contributed by atoms with Gasteiger partial charge in [-0.25, -0.2) is 0 Å². The predicted molar refractivity (Wildman–Crippen MR) is 148 cm³/mol. The van der Waals surface area contributed by atoms with E-state index in [4.69, 9.17) is 9.26 Å². The van der Waals surface area contributed by atoms with E-state index in [0.717, 1.165) is 72.7 Å². The van der Waals surface area contributed by atoms with Gasteiger partial charge in [0.25, 0.3) is 5.91 Å². The zero-order valence-electron chi connectivity index (χ0n) is 21.4. The van der Waals surface area contributed by atoms with Crippen molar-refractivity contribution >= 4 is 21.8 Å². The van der Waals surface area contributed by atoms with E-state index in [-0.39, 0.29) is 12.0 Å². The highest BCUT2D eigenvalue weighted by molar-refractivity contribution is 9.10. The number of rotatable bonds is 9. The second kappa shape index (κ2) is 12.2. The first kappa shape index (κ1) is 25.9. The van der Waals surface area contributed by atoms with E-state index in [2.05, 4.69) is 43.3 Å². The Hall–Kier alpha value is -2.68. The standard InChI is InChI=1S/C29H35BrN4O3/c1-33-15-3-5-25(33)11-14-31-29(35)22-4-2-6-27(18-22)36-26-12-16-34(17-13-26)20-24-19-28(37-32-24)21-7-9-23(30)10-8-21/h2,4,6-10,18-19,25-26H,3,5,11-17,20H2,1H3,(H,31,35). The van der Waals surface area contributed by atoms with Crippen molar-refractivity contribution in [3.8, 4) is 17.1 Å². The molecule has 3 aromatic rings. The van der Waals surface area contributed by atoms with Gasteiger partial charge in [-0.2, -0.15) is 0 Å². The summed E-state index contributed by atoms with van der Waals surface area (Å²) < 4.78 is 12.9. The summed E-state index contributed by atoms with van der Waals surface area (Å²) in [7, 11) is 2.17. The molecule has 5 rings (SSSR count). The predicted octanol–water partition coefficient (Wildman–Crippen LogP) is 5.36. The van der Waals surface area contributed by atoms with Crippen molar-refractivity contribution in [1.29, 1.82) is 0 Å². The van der Waals surface area contributed by atoms with Crippen molar-refractivity contribution in [3.05, 3.63) is 70.3 Å². The van der Waals surface area contributed by atoms with E-state index < -0.39 is 0 Å². The van der Waals surface area contributed by atoms with E-state index >= 15 is 0 Å². The number of likely N-dealkylation sites (tertiary alicyclic amines) is 2. The first-order chi connectivity index (χ1) is 18.0. The van der Waals surface area contributed by atoms with Gasteiger partial charge in [-0.05, 0) is 76.0 Å². The molecule has 0 saturated carbocycles. The third-order valence-electron chi connectivity index (χ3n) is 7.44. The fraction of sp³-hybridized carbons (Fsp3) is 0.448. The lowest BCUT2D eigenvalue weighted by Crippen LogP contribution is -2.37. The highest BCUT2D eigenvalue weighted by atomic mass is 79.9. The van der Waals surface area contributed by atoms with Gasteiger partial charge in [-0.3, -0.25) is 9.69 Å². The summed E-state index contributed by atoms with van der Waals surface area (Å²) >= 11 is 3.46. The number of ether oxygens (including phenoxy) is 1. The summed E-state index contributed by atoms with van der Waals surface area (Å²) in [5, 5.41) is 7.35. The molecule has 1 atom stereocenters. The van der Waals surface area contributed by atoms with E-state index in [1.54, 1.807) is 0 Å². The lowest BCUT2D eigenvalue weighted by atomic mass is 10.1. The number of nitrogens with zero attached hydrogens (tertiary/aromatic N) is 3. The van der Waals surface area contributed by atoms with Crippen molar-refractivity contribution in [2.24, 2.45) is 0 Å². The van der Waals surface area contributed by atoms with Gasteiger partial charge in [0.2, 0.25) is 0 Å². The maximum atomic E-state index is 12.7. The molecule has 3 heterocycles. The number of carbonyl (C=O) groups excluding carboxylic acids is 1. The Morgan fingerprint density at radius 1 is 1.11 bits per heavy atom. The molecule has 1 N–H and O–H groups in total. The highest BCUT2D eigenvalue weighted by Crippen LogP contribution is 2.25. The number of halogens is 1. The number of carbonyl (C=O) groups is 1. The van der Waals surface area contributed by atoms with Crippen molar-refractivity contribution in [1.82, 2.24) is 20.3 Å². The van der Waals surface area contributed by atoms with Crippen LogP contribution in [0.25, 0.3) is 11.3 Å². The van der Waals surface area contributed by atoms with Crippen LogP contribution in [0.2, 0.25) is 0 Å². The summed E-state index contributed by atoms with van der Waals surface area (Å²) in [5.41, 5.74) is 2.62. The summed E-state index contributed by atoms with van der Waals surface area (Å²) in [5.74, 6) is 1.52. The van der Waals surface area contributed by atoms with E-state index in [1.807, 2.05) is 54.6 Å². The van der Waals surface area contributed by atoms with Crippen LogP contribution in [0, 0.1) is 0 Å². The molecule has 2 fully saturated rings. The summed E-state index contributed by atoms with van der Waals surface area (Å²) in [6, 6.07) is 18.2. The number of hydrogen-bond donors (Lipinski definition) is 1. The largest absolute Gasteiger partial charge is 0.490 e. The average molecular weight is 568 g/mol. The molecule has 0 aliphatic carbocycles. The highest BCUT2D eigenvalue weighted by Gasteiger charge is 2.23. The first-order valence-corrected chi connectivity index (χ1v) is 14.0. The van der Waals surface area contributed by atoms with Crippen LogP contribution < -0.4 is 10.1 Å². The van der Waals surface area contributed by atoms with Crippen molar-refractivity contribution in [3.63, 3.8) is 0 Å². The number of aromatic nitrogens is 1. The molecular weight excluding hydrogens is 532 g/mol. The van der Waals surface area contributed by atoms with E-state index in [0.29, 0.717) is 18.2 Å². The van der Waals surface area contributed by atoms with Crippen LogP contribution in [0.5, 0.6) is 5.75 Å². The Balaban J connectivity index is 1.06. The molecule has 1 aromatic heterocycles. The van der Waals surface area contributed by atoms with Gasteiger partial charge in [0.1, 0.15) is 11.9 Å². The second-order valence-corrected chi connectivity index (χ2v) is 11.0. The molecule has 2 saturated heterocycles. The molecule has 196 valence electrons. The first-order valence-electron chi connectivity index (χ1n) is 13.2. The third kappa shape index (κ3) is 7.00. The van der Waals surface area contributed by atoms with Crippen LogP contribution in [-0.2, 0) is 6.54 Å². The van der Waals surface area contributed by atoms with Gasteiger partial charge in [0.15, 0.2) is 5.76 Å². The fourth-order valence-electron chi connectivity index (χ4n) is 5.25. The second-order valence-electron chi connectivity index (χ2n) is 10.1. The topological polar surface area (TPSA) is 70.8 Å². The fourth-order valence-corrected chi connectivity index (χ4v) is 5.52.